The van der Waals surface area contributed by atoms with Gasteiger partial charge in [0.15, 0.2) is 28.6 Å². The Morgan fingerprint density at radius 3 is 2.58 bits per heavy atom. The highest BCUT2D eigenvalue weighted by atomic mass is 16.7. The Bertz CT molecular complexity index is 1080. The summed E-state index contributed by atoms with van der Waals surface area (Å²) >= 11 is 0. The molecule has 0 saturated carbocycles. The zero-order valence-electron chi connectivity index (χ0n) is 18.2. The Kier molecular flexibility index (Phi) is 4.44. The van der Waals surface area contributed by atoms with Gasteiger partial charge in [0.2, 0.25) is 12.5 Å². The molecular formula is C23H25NO7. The number of carbonyl (C=O) groups is 1. The van der Waals surface area contributed by atoms with Crippen molar-refractivity contribution in [3.05, 3.63) is 40.5 Å². The fourth-order valence-electron chi connectivity index (χ4n) is 5.17. The molecule has 3 heterocycles. The summed E-state index contributed by atoms with van der Waals surface area (Å²) in [6.45, 7) is 2.88. The molecule has 0 fully saturated rings. The molecule has 2 aromatic rings. The van der Waals surface area contributed by atoms with Crippen molar-refractivity contribution in [1.29, 1.82) is 0 Å². The van der Waals surface area contributed by atoms with Gasteiger partial charge >= 0.3 is 5.97 Å². The van der Waals surface area contributed by atoms with Gasteiger partial charge in [-0.1, -0.05) is 6.07 Å². The first-order chi connectivity index (χ1) is 14.9. The van der Waals surface area contributed by atoms with E-state index in [2.05, 4.69) is 4.90 Å². The number of methoxy groups -OCH3 is 3. The lowest BCUT2D eigenvalue weighted by Crippen LogP contribution is -2.44. The van der Waals surface area contributed by atoms with E-state index < -0.39 is 11.6 Å². The molecule has 164 valence electrons. The van der Waals surface area contributed by atoms with E-state index in [-0.39, 0.29) is 12.8 Å². The van der Waals surface area contributed by atoms with Crippen LogP contribution in [-0.4, -0.2) is 52.6 Å². The average molecular weight is 427 g/mol. The summed E-state index contributed by atoms with van der Waals surface area (Å²) in [7, 11) is 6.71. The highest BCUT2D eigenvalue weighted by Crippen LogP contribution is 2.57. The highest BCUT2D eigenvalue weighted by Gasteiger charge is 2.54. The van der Waals surface area contributed by atoms with Gasteiger partial charge in [0, 0.05) is 17.7 Å². The fourth-order valence-corrected chi connectivity index (χ4v) is 5.17. The van der Waals surface area contributed by atoms with Crippen LogP contribution in [0.3, 0.4) is 0 Å². The summed E-state index contributed by atoms with van der Waals surface area (Å²) in [4.78, 5) is 15.3. The molecule has 0 saturated heterocycles. The lowest BCUT2D eigenvalue weighted by atomic mass is 9.78. The summed E-state index contributed by atoms with van der Waals surface area (Å²) in [6.07, 6.45) is 0.818. The maximum absolute atomic E-state index is 13.1. The molecule has 0 bridgehead atoms. The van der Waals surface area contributed by atoms with Gasteiger partial charge in [-0.05, 0) is 38.1 Å². The van der Waals surface area contributed by atoms with Gasteiger partial charge in [-0.2, -0.15) is 0 Å². The molecule has 0 unspecified atom stereocenters. The van der Waals surface area contributed by atoms with Crippen molar-refractivity contribution >= 4 is 5.97 Å². The molecule has 5 rings (SSSR count). The lowest BCUT2D eigenvalue weighted by molar-refractivity contribution is -0.0509. The molecule has 8 heteroatoms. The van der Waals surface area contributed by atoms with Gasteiger partial charge in [-0.25, -0.2) is 4.79 Å². The third kappa shape index (κ3) is 2.61. The van der Waals surface area contributed by atoms with Crippen LogP contribution >= 0.6 is 0 Å². The summed E-state index contributed by atoms with van der Waals surface area (Å²) in [6, 6.07) is 5.39. The molecule has 8 nitrogen and oxygen atoms in total. The Hall–Kier alpha value is -3.13. The van der Waals surface area contributed by atoms with Crippen molar-refractivity contribution in [3.63, 3.8) is 0 Å². The SMILES string of the molecule is COc1ccc2c(c1OC)C(=O)O[C@]2(C)[C@H]1c2c(cc3c(c2OC)OCO3)CCN1C. The van der Waals surface area contributed by atoms with Crippen molar-refractivity contribution in [2.75, 3.05) is 41.7 Å². The number of benzene rings is 2. The Balaban J connectivity index is 1.74. The van der Waals surface area contributed by atoms with Crippen molar-refractivity contribution < 1.29 is 33.2 Å². The monoisotopic (exact) mass is 427 g/mol. The number of cyclic esters (lactones) is 1. The van der Waals surface area contributed by atoms with Crippen LogP contribution in [0.2, 0.25) is 0 Å². The van der Waals surface area contributed by atoms with E-state index in [0.717, 1.165) is 29.7 Å². The summed E-state index contributed by atoms with van der Waals surface area (Å²) in [5.41, 5.74) is 2.20. The summed E-state index contributed by atoms with van der Waals surface area (Å²) < 4.78 is 34.2. The fraction of sp³-hybridized carbons (Fsp3) is 0.435. The zero-order chi connectivity index (χ0) is 21.9. The number of fused-ring (bicyclic) bond motifs is 3. The lowest BCUT2D eigenvalue weighted by Gasteiger charge is -2.44. The number of esters is 1. The van der Waals surface area contributed by atoms with E-state index in [0.29, 0.717) is 34.3 Å². The third-order valence-corrected chi connectivity index (χ3v) is 6.51. The first-order valence-corrected chi connectivity index (χ1v) is 10.1. The molecule has 2 atom stereocenters. The maximum atomic E-state index is 13.1. The maximum Gasteiger partial charge on any atom is 0.343 e. The normalized spacial score (nSPS) is 23.8. The van der Waals surface area contributed by atoms with Crippen LogP contribution in [0.5, 0.6) is 28.7 Å². The average Bonchev–Trinajstić information content (AvgIpc) is 3.33. The third-order valence-electron chi connectivity index (χ3n) is 6.51. The number of rotatable bonds is 4. The van der Waals surface area contributed by atoms with Gasteiger partial charge in [0.05, 0.1) is 27.4 Å². The van der Waals surface area contributed by atoms with Crippen LogP contribution in [0.1, 0.15) is 40.0 Å². The molecule has 0 spiro atoms. The zero-order valence-corrected chi connectivity index (χ0v) is 18.2. The first-order valence-electron chi connectivity index (χ1n) is 10.1. The Morgan fingerprint density at radius 2 is 1.87 bits per heavy atom. The van der Waals surface area contributed by atoms with E-state index >= 15 is 0 Å². The number of likely N-dealkylation sites (N-methyl/N-ethyl adjacent to an activating group) is 1. The van der Waals surface area contributed by atoms with Gasteiger partial charge in [-0.3, -0.25) is 4.90 Å². The first kappa shape index (κ1) is 19.8. The molecule has 0 radical (unpaired) electrons. The molecular weight excluding hydrogens is 402 g/mol. The Morgan fingerprint density at radius 1 is 1.10 bits per heavy atom. The number of hydrogen-bond acceptors (Lipinski definition) is 8. The van der Waals surface area contributed by atoms with Crippen molar-refractivity contribution in [1.82, 2.24) is 4.90 Å². The standard InChI is InChI=1S/C23H25NO7/c1-23(13-6-7-14(26-3)18(27-4)17(13)22(25)31-23)21-16-12(8-9-24(21)2)10-15-19(20(16)28-5)30-11-29-15/h6-7,10,21H,8-9,11H2,1-5H3/t21-,23+/m1/s1. The van der Waals surface area contributed by atoms with E-state index in [4.69, 9.17) is 28.4 Å². The minimum atomic E-state index is -0.975. The van der Waals surface area contributed by atoms with Gasteiger partial charge < -0.3 is 28.4 Å². The van der Waals surface area contributed by atoms with Crippen LogP contribution in [0.15, 0.2) is 18.2 Å². The highest BCUT2D eigenvalue weighted by molar-refractivity contribution is 5.99. The van der Waals surface area contributed by atoms with Gasteiger partial charge in [-0.15, -0.1) is 0 Å². The molecule has 0 aromatic heterocycles. The number of ether oxygens (including phenoxy) is 6. The smallest absolute Gasteiger partial charge is 0.343 e. The van der Waals surface area contributed by atoms with Crippen LogP contribution in [0, 0.1) is 0 Å². The van der Waals surface area contributed by atoms with Crippen molar-refractivity contribution in [3.8, 4) is 28.7 Å². The minimum Gasteiger partial charge on any atom is -0.493 e. The number of carbonyl (C=O) groups excluding carboxylic acids is 1. The predicted octanol–water partition coefficient (Wildman–Crippen LogP) is 3.06. The Labute approximate surface area is 180 Å². The van der Waals surface area contributed by atoms with E-state index in [1.807, 2.05) is 26.1 Å². The largest absolute Gasteiger partial charge is 0.493 e. The molecule has 0 aliphatic carbocycles. The molecule has 0 N–H and O–H groups in total. The van der Waals surface area contributed by atoms with Crippen molar-refractivity contribution in [2.24, 2.45) is 0 Å². The van der Waals surface area contributed by atoms with Gasteiger partial charge in [0.25, 0.3) is 0 Å². The second-order valence-corrected chi connectivity index (χ2v) is 8.07. The van der Waals surface area contributed by atoms with Crippen LogP contribution in [-0.2, 0) is 16.8 Å². The van der Waals surface area contributed by atoms with E-state index in [1.54, 1.807) is 20.3 Å². The quantitative estimate of drug-likeness (QED) is 0.690. The molecule has 31 heavy (non-hydrogen) atoms. The van der Waals surface area contributed by atoms with E-state index in [9.17, 15) is 4.79 Å². The minimum absolute atomic E-state index is 0.154. The summed E-state index contributed by atoms with van der Waals surface area (Å²) in [5.74, 6) is 2.31. The second kappa shape index (κ2) is 6.95. The second-order valence-electron chi connectivity index (χ2n) is 8.07. The summed E-state index contributed by atoms with van der Waals surface area (Å²) in [5, 5.41) is 0. The van der Waals surface area contributed by atoms with Crippen LogP contribution in [0.4, 0.5) is 0 Å². The van der Waals surface area contributed by atoms with E-state index in [1.165, 1.54) is 7.11 Å². The molecule has 3 aliphatic rings. The predicted molar refractivity (Wildman–Crippen MR) is 111 cm³/mol. The van der Waals surface area contributed by atoms with Gasteiger partial charge in [0.1, 0.15) is 5.56 Å². The van der Waals surface area contributed by atoms with Crippen LogP contribution < -0.4 is 23.7 Å². The molecule has 3 aliphatic heterocycles. The number of hydrogen-bond donors (Lipinski definition) is 0. The molecule has 0 amide bonds. The van der Waals surface area contributed by atoms with Crippen LogP contribution in [0.25, 0.3) is 0 Å². The number of nitrogens with zero attached hydrogens (tertiary/aromatic N) is 1. The molecule has 2 aromatic carbocycles. The topological polar surface area (TPSA) is 75.7 Å². The van der Waals surface area contributed by atoms with Crippen molar-refractivity contribution in [2.45, 2.75) is 25.0 Å².